The largest absolute Gasteiger partial charge is 0.478 e. The molecule has 0 unspecified atom stereocenters. The van der Waals surface area contributed by atoms with E-state index in [1.54, 1.807) is 31.2 Å². The van der Waals surface area contributed by atoms with Gasteiger partial charge in [-0.05, 0) is 82.8 Å². The second kappa shape index (κ2) is 24.5. The molecule has 0 bridgehead atoms. The van der Waals surface area contributed by atoms with Gasteiger partial charge in [0.25, 0.3) is 0 Å². The Bertz CT molecular complexity index is 1780. The first-order chi connectivity index (χ1) is 26.4. The third kappa shape index (κ3) is 17.6. The number of benzene rings is 2. The highest BCUT2D eigenvalue weighted by atomic mass is 16.5. The summed E-state index contributed by atoms with van der Waals surface area (Å²) in [5.74, 6) is 1.99. The summed E-state index contributed by atoms with van der Waals surface area (Å²) in [6.45, 7) is 9.10. The first kappa shape index (κ1) is 44.5. The molecule has 0 saturated heterocycles. The van der Waals surface area contributed by atoms with Crippen molar-refractivity contribution in [1.82, 2.24) is 29.9 Å². The minimum absolute atomic E-state index is 0.0878. The van der Waals surface area contributed by atoms with Crippen LogP contribution in [-0.2, 0) is 9.47 Å². The van der Waals surface area contributed by atoms with Crippen LogP contribution in [0.3, 0.4) is 0 Å². The summed E-state index contributed by atoms with van der Waals surface area (Å²) in [4.78, 5) is 27.4. The molecule has 0 aliphatic carbocycles. The molecule has 4 aromatic rings. The van der Waals surface area contributed by atoms with E-state index in [2.05, 4.69) is 45.5 Å². The molecule has 2 heterocycles. The van der Waals surface area contributed by atoms with E-state index in [1.807, 2.05) is 38.1 Å². The van der Waals surface area contributed by atoms with Gasteiger partial charge in [0.2, 0.25) is 47.5 Å². The van der Waals surface area contributed by atoms with E-state index < -0.39 is 0 Å². The lowest BCUT2D eigenvalue weighted by molar-refractivity contribution is 0.325. The van der Waals surface area contributed by atoms with Gasteiger partial charge in [-0.25, -0.2) is 0 Å². The summed E-state index contributed by atoms with van der Waals surface area (Å²) in [7, 11) is 0. The Hall–Kier alpha value is -6.70. The lowest BCUT2D eigenvalue weighted by atomic mass is 10.1. The van der Waals surface area contributed by atoms with Crippen LogP contribution in [0.25, 0.3) is 0 Å². The monoisotopic (exact) mass is 758 g/mol. The van der Waals surface area contributed by atoms with Crippen LogP contribution in [0.15, 0.2) is 53.5 Å². The highest BCUT2D eigenvalue weighted by Gasteiger charge is 2.05. The molecule has 20 heteroatoms. The Morgan fingerprint density at radius 1 is 0.600 bits per heavy atom. The van der Waals surface area contributed by atoms with Crippen LogP contribution >= 0.6 is 0 Å². The van der Waals surface area contributed by atoms with Gasteiger partial charge in [0, 0.05) is 42.0 Å². The van der Waals surface area contributed by atoms with Crippen molar-refractivity contribution in [2.24, 2.45) is 16.5 Å². The number of hydrogen-bond donors (Lipinski definition) is 11. The Labute approximate surface area is 320 Å². The lowest BCUT2D eigenvalue weighted by Crippen LogP contribution is -2.15. The number of hydrogen-bond acceptors (Lipinski definition) is 19. The van der Waals surface area contributed by atoms with Crippen LogP contribution in [0.5, 0.6) is 0 Å². The number of rotatable bonds is 17. The Balaban J connectivity index is 0.000000314. The normalized spacial score (nSPS) is 10.5. The Morgan fingerprint density at radius 3 is 1.36 bits per heavy atom. The van der Waals surface area contributed by atoms with Gasteiger partial charge in [0.1, 0.15) is 5.84 Å². The zero-order chi connectivity index (χ0) is 40.6. The summed E-state index contributed by atoms with van der Waals surface area (Å²) in [5.41, 5.74) is 36.8. The molecule has 20 nitrogen and oxygen atoms in total. The van der Waals surface area contributed by atoms with Crippen LogP contribution < -0.4 is 45.0 Å². The van der Waals surface area contributed by atoms with Gasteiger partial charge in [0.15, 0.2) is 0 Å². The molecule has 0 aliphatic rings. The van der Waals surface area contributed by atoms with E-state index in [1.165, 1.54) is 0 Å². The second-order valence-corrected chi connectivity index (χ2v) is 11.4. The second-order valence-electron chi connectivity index (χ2n) is 11.4. The number of nitrogens with zero attached hydrogens (tertiary/aromatic N) is 7. The fourth-order valence-corrected chi connectivity index (χ4v) is 4.29. The van der Waals surface area contributed by atoms with Gasteiger partial charge < -0.3 is 59.9 Å². The summed E-state index contributed by atoms with van der Waals surface area (Å²) < 4.78 is 10.2. The molecule has 55 heavy (non-hydrogen) atoms. The number of unbranched alkanes of at least 4 members (excludes halogenated alkanes) is 2. The smallest absolute Gasteiger partial charge is 0.229 e. The van der Waals surface area contributed by atoms with Crippen molar-refractivity contribution in [3.8, 4) is 0 Å². The predicted octanol–water partition coefficient (Wildman–Crippen LogP) is 2.62. The lowest BCUT2D eigenvalue weighted by Gasteiger charge is -2.07. The summed E-state index contributed by atoms with van der Waals surface area (Å²) in [6, 6.07) is 14.5. The van der Waals surface area contributed by atoms with E-state index in [-0.39, 0.29) is 35.6 Å². The highest BCUT2D eigenvalue weighted by molar-refractivity contribution is 5.99. The number of aromatic nitrogens is 6. The van der Waals surface area contributed by atoms with E-state index >= 15 is 0 Å². The molecule has 296 valence electrons. The Morgan fingerprint density at radius 2 is 0.982 bits per heavy atom. The zero-order valence-corrected chi connectivity index (χ0v) is 31.6. The van der Waals surface area contributed by atoms with Crippen LogP contribution in [-0.4, -0.2) is 92.6 Å². The molecule has 0 spiro atoms. The zero-order valence-electron chi connectivity index (χ0n) is 31.6. The van der Waals surface area contributed by atoms with Crippen molar-refractivity contribution < 1.29 is 9.47 Å². The number of nitrogens with two attached hydrogens (primary N) is 6. The van der Waals surface area contributed by atoms with Crippen molar-refractivity contribution in [1.29, 1.82) is 16.2 Å². The molecule has 0 aliphatic heterocycles. The number of ether oxygens (including phenoxy) is 2. The van der Waals surface area contributed by atoms with Gasteiger partial charge in [-0.15, -0.1) is 0 Å². The van der Waals surface area contributed by atoms with Crippen molar-refractivity contribution >= 4 is 59.0 Å². The van der Waals surface area contributed by atoms with Crippen molar-refractivity contribution in [2.75, 3.05) is 73.0 Å². The fraction of sp³-hybridized carbons (Fsp3) is 0.371. The summed E-state index contributed by atoms with van der Waals surface area (Å²) >= 11 is 0. The van der Waals surface area contributed by atoms with E-state index in [0.29, 0.717) is 61.9 Å². The molecular weight excluding hydrogens is 705 g/mol. The maximum Gasteiger partial charge on any atom is 0.229 e. The van der Waals surface area contributed by atoms with Crippen molar-refractivity contribution in [3.63, 3.8) is 0 Å². The topological polar surface area (TPSA) is 360 Å². The predicted molar refractivity (Wildman–Crippen MR) is 220 cm³/mol. The third-order valence-electron chi connectivity index (χ3n) is 7.00. The van der Waals surface area contributed by atoms with Gasteiger partial charge in [-0.3, -0.25) is 15.8 Å². The molecule has 2 aromatic carbocycles. The number of nitrogens with one attached hydrogen (secondary N) is 5. The highest BCUT2D eigenvalue weighted by Crippen LogP contribution is 2.09. The molecule has 0 atom stereocenters. The van der Waals surface area contributed by atoms with E-state index in [4.69, 9.17) is 60.1 Å². The standard InChI is InChI=1S/C17H25N9O.C11H14N2O.C7H15N7/c1-2-27-14(19)12-7-5-11(6-8-12)13(18)22-9-3-4-10-23-17-25-15(20)24-16(21)26-17;1-3-14-11(13)10-6-4-9(5-7-10)8(2)12;8-3-1-2-4-11-7-13-5(9)12-6(10)14-7/h5-8,19H,2-4,9-10H2,1H3,(H2,18,22)(H5,20,21,23,24,25,26);4-7,12-13H,3H2,1-2H3;1-4,8H2,(H5,9,10,11,12,13,14). The Kier molecular flexibility index (Phi) is 19.8. The maximum atomic E-state index is 7.75. The molecule has 0 fully saturated rings. The number of aliphatic imine (C=N–C) groups is 1. The van der Waals surface area contributed by atoms with Crippen LogP contribution in [0.2, 0.25) is 0 Å². The number of amidine groups is 1. The van der Waals surface area contributed by atoms with Gasteiger partial charge >= 0.3 is 0 Å². The molecule has 2 aromatic heterocycles. The number of anilines is 6. The van der Waals surface area contributed by atoms with E-state index in [9.17, 15) is 0 Å². The van der Waals surface area contributed by atoms with Crippen LogP contribution in [0, 0.1) is 16.2 Å². The summed E-state index contributed by atoms with van der Waals surface area (Å²) in [5, 5.41) is 28.7. The quantitative estimate of drug-likeness (QED) is 0.0418. The molecule has 0 saturated carbocycles. The average Bonchev–Trinajstić information content (AvgIpc) is 3.15. The number of nitrogen functional groups attached to an aromatic ring is 4. The SMILES string of the molecule is CCOC(=N)c1ccc(C(C)=N)cc1.CCOC(=N)c1ccc(C(N)=NCCCCNc2nc(N)nc(N)n2)cc1.NCCCCNc1nc(N)nc(N)n1. The van der Waals surface area contributed by atoms with Crippen LogP contribution in [0.4, 0.5) is 35.7 Å². The average molecular weight is 759 g/mol. The minimum atomic E-state index is 0.0878. The van der Waals surface area contributed by atoms with Crippen molar-refractivity contribution in [3.05, 3.63) is 70.8 Å². The first-order valence-electron chi connectivity index (χ1n) is 17.6. The van der Waals surface area contributed by atoms with Crippen LogP contribution in [0.1, 0.15) is 68.7 Å². The summed E-state index contributed by atoms with van der Waals surface area (Å²) in [6.07, 6.45) is 3.62. The molecule has 17 N–H and O–H groups in total. The van der Waals surface area contributed by atoms with E-state index in [0.717, 1.165) is 48.9 Å². The minimum Gasteiger partial charge on any atom is -0.478 e. The van der Waals surface area contributed by atoms with Gasteiger partial charge in [0.05, 0.1) is 13.2 Å². The van der Waals surface area contributed by atoms with Gasteiger partial charge in [-0.1, -0.05) is 24.3 Å². The molecule has 4 rings (SSSR count). The maximum absolute atomic E-state index is 7.75. The molecule has 0 radical (unpaired) electrons. The molecular formula is C35H54N18O2. The fourth-order valence-electron chi connectivity index (χ4n) is 4.29. The van der Waals surface area contributed by atoms with Crippen molar-refractivity contribution in [2.45, 2.75) is 46.5 Å². The first-order valence-corrected chi connectivity index (χ1v) is 17.6. The van der Waals surface area contributed by atoms with Gasteiger partial charge in [-0.2, -0.15) is 29.9 Å². The third-order valence-corrected chi connectivity index (χ3v) is 7.00. The molecule has 0 amide bonds.